The zero-order valence-corrected chi connectivity index (χ0v) is 11.1. The highest BCUT2D eigenvalue weighted by Crippen LogP contribution is 2.27. The second-order valence-electron chi connectivity index (χ2n) is 4.39. The summed E-state index contributed by atoms with van der Waals surface area (Å²) in [6.07, 6.45) is 7.59. The van der Waals surface area contributed by atoms with Gasteiger partial charge in [-0.05, 0) is 22.8 Å². The van der Waals surface area contributed by atoms with Crippen molar-refractivity contribution in [1.29, 1.82) is 0 Å². The van der Waals surface area contributed by atoms with E-state index < -0.39 is 0 Å². The van der Waals surface area contributed by atoms with E-state index in [0.29, 0.717) is 6.54 Å². The van der Waals surface area contributed by atoms with Crippen LogP contribution in [0.1, 0.15) is 12.5 Å². The van der Waals surface area contributed by atoms with Gasteiger partial charge in [-0.2, -0.15) is 0 Å². The average Bonchev–Trinajstić information content (AvgIpc) is 2.40. The first-order chi connectivity index (χ1) is 9.17. The molecule has 0 fully saturated rings. The molecule has 0 saturated heterocycles. The number of fused-ring (bicyclic) bond motifs is 1. The van der Waals surface area contributed by atoms with Gasteiger partial charge >= 0.3 is 0 Å². The standard InChI is InChI=1S/C17H17NO/c1-4-14-10-11-16-8-6-7-9-17(16)18(13(3)19)12-15(14)5-2/h4-11H,1-2,12H2,3H3/b11-10-,15-14-. The molecule has 2 nitrogen and oxygen atoms in total. The lowest BCUT2D eigenvalue weighted by molar-refractivity contribution is -0.116. The van der Waals surface area contributed by atoms with E-state index in [4.69, 9.17) is 0 Å². The van der Waals surface area contributed by atoms with Crippen LogP contribution in [0.2, 0.25) is 0 Å². The van der Waals surface area contributed by atoms with Gasteiger partial charge in [0.15, 0.2) is 0 Å². The van der Waals surface area contributed by atoms with Crippen LogP contribution < -0.4 is 4.90 Å². The molecule has 0 aliphatic carbocycles. The Hall–Kier alpha value is -2.35. The van der Waals surface area contributed by atoms with Crippen molar-refractivity contribution in [1.82, 2.24) is 0 Å². The number of amides is 1. The minimum Gasteiger partial charge on any atom is -0.308 e. The Morgan fingerprint density at radius 3 is 2.58 bits per heavy atom. The van der Waals surface area contributed by atoms with E-state index in [0.717, 1.165) is 22.4 Å². The summed E-state index contributed by atoms with van der Waals surface area (Å²) in [5.74, 6) is 0.0190. The molecule has 1 aliphatic heterocycles. The molecule has 2 heteroatoms. The largest absolute Gasteiger partial charge is 0.308 e. The average molecular weight is 251 g/mol. The van der Waals surface area contributed by atoms with E-state index in [2.05, 4.69) is 13.2 Å². The molecule has 0 saturated carbocycles. The van der Waals surface area contributed by atoms with E-state index in [1.165, 1.54) is 0 Å². The second kappa shape index (κ2) is 5.53. The molecule has 19 heavy (non-hydrogen) atoms. The van der Waals surface area contributed by atoms with Crippen LogP contribution in [0.3, 0.4) is 0 Å². The molecule has 0 unspecified atom stereocenters. The molecular formula is C17H17NO. The number of anilines is 1. The molecule has 0 radical (unpaired) electrons. The Morgan fingerprint density at radius 1 is 1.21 bits per heavy atom. The third kappa shape index (κ3) is 2.58. The molecule has 96 valence electrons. The van der Waals surface area contributed by atoms with E-state index >= 15 is 0 Å². The quantitative estimate of drug-likeness (QED) is 0.784. The monoisotopic (exact) mass is 251 g/mol. The molecule has 0 spiro atoms. The number of carbonyl (C=O) groups is 1. The molecule has 1 amide bonds. The SMILES string of the molecule is C=CC1=C(\C=C)CN(C(C)=O)c2ccccc2/C=C\1. The second-order valence-corrected chi connectivity index (χ2v) is 4.39. The topological polar surface area (TPSA) is 20.3 Å². The molecule has 2 rings (SSSR count). The van der Waals surface area contributed by atoms with Gasteiger partial charge in [0.2, 0.25) is 5.91 Å². The number of hydrogen-bond acceptors (Lipinski definition) is 1. The summed E-state index contributed by atoms with van der Waals surface area (Å²) in [5.41, 5.74) is 3.94. The zero-order chi connectivity index (χ0) is 13.8. The summed E-state index contributed by atoms with van der Waals surface area (Å²) in [6.45, 7) is 9.74. The van der Waals surface area contributed by atoms with E-state index in [1.807, 2.05) is 36.4 Å². The number of nitrogens with zero attached hydrogens (tertiary/aromatic N) is 1. The summed E-state index contributed by atoms with van der Waals surface area (Å²) >= 11 is 0. The first kappa shape index (κ1) is 13.1. The Kier molecular flexibility index (Phi) is 3.81. The van der Waals surface area contributed by atoms with Crippen molar-refractivity contribution in [3.63, 3.8) is 0 Å². The number of para-hydroxylation sites is 1. The molecule has 1 aromatic carbocycles. The van der Waals surface area contributed by atoms with Gasteiger partial charge in [-0.3, -0.25) is 4.79 Å². The molecular weight excluding hydrogens is 234 g/mol. The molecule has 0 N–H and O–H groups in total. The van der Waals surface area contributed by atoms with Crippen LogP contribution in [0.5, 0.6) is 0 Å². The number of hydrogen-bond donors (Lipinski definition) is 0. The van der Waals surface area contributed by atoms with Crippen molar-refractivity contribution in [2.45, 2.75) is 6.92 Å². The van der Waals surface area contributed by atoms with Crippen LogP contribution >= 0.6 is 0 Å². The van der Waals surface area contributed by atoms with Crippen molar-refractivity contribution >= 4 is 17.7 Å². The van der Waals surface area contributed by atoms with Crippen molar-refractivity contribution in [2.75, 3.05) is 11.4 Å². The van der Waals surface area contributed by atoms with Crippen LogP contribution in [0.4, 0.5) is 5.69 Å². The van der Waals surface area contributed by atoms with Crippen molar-refractivity contribution in [3.8, 4) is 0 Å². The normalized spacial score (nSPS) is 19.9. The predicted molar refractivity (Wildman–Crippen MR) is 80.9 cm³/mol. The van der Waals surface area contributed by atoms with Crippen LogP contribution in [0, 0.1) is 0 Å². The van der Waals surface area contributed by atoms with Gasteiger partial charge in [-0.15, -0.1) is 0 Å². The molecule has 1 heterocycles. The van der Waals surface area contributed by atoms with Crippen LogP contribution in [-0.4, -0.2) is 12.5 Å². The van der Waals surface area contributed by atoms with Gasteiger partial charge in [-0.1, -0.05) is 55.7 Å². The summed E-state index contributed by atoms with van der Waals surface area (Å²) in [6, 6.07) is 7.87. The predicted octanol–water partition coefficient (Wildman–Crippen LogP) is 3.73. The van der Waals surface area contributed by atoms with Gasteiger partial charge in [0, 0.05) is 6.92 Å². The van der Waals surface area contributed by atoms with E-state index in [-0.39, 0.29) is 5.91 Å². The van der Waals surface area contributed by atoms with Gasteiger partial charge in [0.1, 0.15) is 0 Å². The number of allylic oxidation sites excluding steroid dienone is 3. The first-order valence-corrected chi connectivity index (χ1v) is 6.20. The lowest BCUT2D eigenvalue weighted by Gasteiger charge is -2.26. The summed E-state index contributed by atoms with van der Waals surface area (Å²) < 4.78 is 0. The molecule has 1 aromatic rings. The Labute approximate surface area is 114 Å². The van der Waals surface area contributed by atoms with Crippen molar-refractivity contribution in [2.24, 2.45) is 0 Å². The fourth-order valence-corrected chi connectivity index (χ4v) is 2.17. The third-order valence-corrected chi connectivity index (χ3v) is 3.22. The van der Waals surface area contributed by atoms with Crippen molar-refractivity contribution in [3.05, 3.63) is 72.4 Å². The van der Waals surface area contributed by atoms with E-state index in [9.17, 15) is 4.79 Å². The molecule has 0 aromatic heterocycles. The lowest BCUT2D eigenvalue weighted by Crippen LogP contribution is -2.31. The number of carbonyl (C=O) groups excluding carboxylic acids is 1. The summed E-state index contributed by atoms with van der Waals surface area (Å²) in [4.78, 5) is 13.7. The summed E-state index contributed by atoms with van der Waals surface area (Å²) in [5, 5.41) is 0. The smallest absolute Gasteiger partial charge is 0.224 e. The fourth-order valence-electron chi connectivity index (χ4n) is 2.17. The zero-order valence-electron chi connectivity index (χ0n) is 11.1. The Balaban J connectivity index is 2.63. The fraction of sp³-hybridized carbons (Fsp3) is 0.118. The minimum absolute atomic E-state index is 0.0190. The Morgan fingerprint density at radius 2 is 1.95 bits per heavy atom. The lowest BCUT2D eigenvalue weighted by atomic mass is 10.0. The molecule has 0 atom stereocenters. The highest BCUT2D eigenvalue weighted by atomic mass is 16.2. The van der Waals surface area contributed by atoms with Gasteiger partial charge in [0.05, 0.1) is 12.2 Å². The summed E-state index contributed by atoms with van der Waals surface area (Å²) in [7, 11) is 0. The first-order valence-electron chi connectivity index (χ1n) is 6.20. The maximum atomic E-state index is 11.9. The highest BCUT2D eigenvalue weighted by Gasteiger charge is 2.17. The highest BCUT2D eigenvalue weighted by molar-refractivity contribution is 5.95. The number of rotatable bonds is 2. The maximum absolute atomic E-state index is 11.9. The Bertz CT molecular complexity index is 593. The van der Waals surface area contributed by atoms with Gasteiger partial charge in [-0.25, -0.2) is 0 Å². The van der Waals surface area contributed by atoms with Crippen LogP contribution in [-0.2, 0) is 4.79 Å². The number of benzene rings is 1. The molecule has 0 bridgehead atoms. The van der Waals surface area contributed by atoms with E-state index in [1.54, 1.807) is 24.0 Å². The van der Waals surface area contributed by atoms with Crippen LogP contribution in [0.25, 0.3) is 6.08 Å². The minimum atomic E-state index is 0.0190. The van der Waals surface area contributed by atoms with Gasteiger partial charge < -0.3 is 4.90 Å². The van der Waals surface area contributed by atoms with Crippen LogP contribution in [0.15, 0.2) is 66.8 Å². The third-order valence-electron chi connectivity index (χ3n) is 3.22. The molecule has 1 aliphatic rings. The van der Waals surface area contributed by atoms with Gasteiger partial charge in [0.25, 0.3) is 0 Å². The van der Waals surface area contributed by atoms with Crippen molar-refractivity contribution < 1.29 is 4.79 Å². The maximum Gasteiger partial charge on any atom is 0.224 e.